The van der Waals surface area contributed by atoms with E-state index in [4.69, 9.17) is 22.1 Å². The summed E-state index contributed by atoms with van der Waals surface area (Å²) < 4.78 is 6.85. The number of hydrogen-bond acceptors (Lipinski definition) is 6. The number of carbonyl (C=O) groups excluding carboxylic acids is 3. The summed E-state index contributed by atoms with van der Waals surface area (Å²) >= 11 is 9.78. The van der Waals surface area contributed by atoms with E-state index in [9.17, 15) is 14.4 Å². The minimum atomic E-state index is -0.557. The summed E-state index contributed by atoms with van der Waals surface area (Å²) in [7, 11) is 0. The molecule has 36 heavy (non-hydrogen) atoms. The van der Waals surface area contributed by atoms with Crippen molar-refractivity contribution in [3.8, 4) is 5.75 Å². The zero-order valence-electron chi connectivity index (χ0n) is 19.9. The van der Waals surface area contributed by atoms with Crippen molar-refractivity contribution in [2.75, 3.05) is 24.6 Å². The fraction of sp³-hybridized carbons (Fsp3) is 0.423. The molecule has 8 nitrogen and oxygen atoms in total. The van der Waals surface area contributed by atoms with Crippen LogP contribution in [-0.2, 0) is 16.1 Å². The van der Waals surface area contributed by atoms with E-state index in [1.807, 2.05) is 12.1 Å². The van der Waals surface area contributed by atoms with Crippen LogP contribution in [0, 0.1) is 5.92 Å². The number of nitrogens with one attached hydrogen (secondary N) is 2. The minimum absolute atomic E-state index is 0.210. The summed E-state index contributed by atoms with van der Waals surface area (Å²) in [6, 6.07) is 10.7. The molecule has 1 unspecified atom stereocenters. The minimum Gasteiger partial charge on any atom is -0.494 e. The van der Waals surface area contributed by atoms with Gasteiger partial charge in [-0.15, -0.1) is 0 Å². The zero-order valence-corrected chi connectivity index (χ0v) is 22.2. The quantitative estimate of drug-likeness (QED) is 0.391. The van der Waals surface area contributed by atoms with E-state index >= 15 is 0 Å². The van der Waals surface area contributed by atoms with Gasteiger partial charge < -0.3 is 20.7 Å². The van der Waals surface area contributed by atoms with Crippen LogP contribution in [0.2, 0.25) is 5.02 Å². The van der Waals surface area contributed by atoms with Gasteiger partial charge in [-0.2, -0.15) is 0 Å². The van der Waals surface area contributed by atoms with E-state index in [2.05, 4.69) is 37.5 Å². The molecule has 2 aliphatic rings. The average molecular weight is 578 g/mol. The first-order valence-corrected chi connectivity index (χ1v) is 13.3. The Kier molecular flexibility index (Phi) is 8.87. The highest BCUT2D eigenvalue weighted by molar-refractivity contribution is 9.10. The summed E-state index contributed by atoms with van der Waals surface area (Å²) in [4.78, 5) is 37.2. The molecule has 2 aliphatic heterocycles. The predicted octanol–water partition coefficient (Wildman–Crippen LogP) is 3.78. The van der Waals surface area contributed by atoms with Gasteiger partial charge in [-0.3, -0.25) is 19.7 Å². The Labute approximate surface area is 224 Å². The first kappa shape index (κ1) is 26.4. The smallest absolute Gasteiger partial charge is 0.250 e. The molecule has 2 heterocycles. The van der Waals surface area contributed by atoms with E-state index in [0.29, 0.717) is 42.7 Å². The van der Waals surface area contributed by atoms with E-state index in [1.54, 1.807) is 18.2 Å². The summed E-state index contributed by atoms with van der Waals surface area (Å²) in [5.41, 5.74) is 7.85. The highest BCUT2D eigenvalue weighted by Crippen LogP contribution is 2.32. The number of benzene rings is 2. The second kappa shape index (κ2) is 12.1. The van der Waals surface area contributed by atoms with Crippen LogP contribution in [0.15, 0.2) is 40.9 Å². The number of nitrogens with zero attached hydrogens (tertiary/aromatic N) is 1. The molecule has 2 aromatic rings. The van der Waals surface area contributed by atoms with Crippen molar-refractivity contribution in [1.29, 1.82) is 0 Å². The lowest BCUT2D eigenvalue weighted by Crippen LogP contribution is -2.50. The van der Waals surface area contributed by atoms with E-state index in [-0.39, 0.29) is 23.4 Å². The maximum Gasteiger partial charge on any atom is 0.250 e. The van der Waals surface area contributed by atoms with Crippen molar-refractivity contribution in [1.82, 2.24) is 10.6 Å². The molecule has 0 saturated carbocycles. The van der Waals surface area contributed by atoms with Crippen LogP contribution < -0.4 is 26.0 Å². The Hall–Kier alpha value is -2.62. The van der Waals surface area contributed by atoms with Crippen molar-refractivity contribution in [2.24, 2.45) is 11.7 Å². The SMILES string of the molecule is NC(=O)c1ccc(OCCC2CCN(c3cccc(Br)c3CNC3CCC(=O)NC3=O)CC2)cc1Cl. The number of anilines is 1. The number of piperidine rings is 2. The normalized spacial score (nSPS) is 18.7. The summed E-state index contributed by atoms with van der Waals surface area (Å²) in [5.74, 6) is 0.161. The number of rotatable bonds is 9. The van der Waals surface area contributed by atoms with Crippen LogP contribution >= 0.6 is 27.5 Å². The van der Waals surface area contributed by atoms with Gasteiger partial charge in [0.1, 0.15) is 5.75 Å². The lowest BCUT2D eigenvalue weighted by Gasteiger charge is -2.35. The summed E-state index contributed by atoms with van der Waals surface area (Å²) in [5, 5.41) is 6.02. The molecule has 4 N–H and O–H groups in total. The fourth-order valence-electron chi connectivity index (χ4n) is 4.72. The van der Waals surface area contributed by atoms with Crippen LogP contribution in [-0.4, -0.2) is 43.5 Å². The predicted molar refractivity (Wildman–Crippen MR) is 142 cm³/mol. The summed E-state index contributed by atoms with van der Waals surface area (Å²) in [6.45, 7) is 2.99. The van der Waals surface area contributed by atoms with Gasteiger partial charge in [0.2, 0.25) is 17.7 Å². The van der Waals surface area contributed by atoms with E-state index < -0.39 is 5.91 Å². The van der Waals surface area contributed by atoms with E-state index in [1.165, 1.54) is 0 Å². The highest BCUT2D eigenvalue weighted by atomic mass is 79.9. The van der Waals surface area contributed by atoms with Gasteiger partial charge in [-0.05, 0) is 61.9 Å². The second-order valence-corrected chi connectivity index (χ2v) is 10.5. The van der Waals surface area contributed by atoms with Crippen LogP contribution in [0.3, 0.4) is 0 Å². The van der Waals surface area contributed by atoms with Gasteiger partial charge in [0.05, 0.1) is 23.2 Å². The number of carbonyl (C=O) groups is 3. The molecule has 2 aromatic carbocycles. The number of halogens is 2. The molecule has 192 valence electrons. The molecule has 2 saturated heterocycles. The van der Waals surface area contributed by atoms with Gasteiger partial charge in [0.15, 0.2) is 0 Å². The number of primary amides is 1. The van der Waals surface area contributed by atoms with Crippen molar-refractivity contribution < 1.29 is 19.1 Å². The molecular formula is C26H30BrClN4O4. The van der Waals surface area contributed by atoms with E-state index in [0.717, 1.165) is 48.1 Å². The lowest BCUT2D eigenvalue weighted by atomic mass is 9.93. The van der Waals surface area contributed by atoms with Gasteiger partial charge in [0, 0.05) is 41.8 Å². The zero-order chi connectivity index (χ0) is 25.7. The van der Waals surface area contributed by atoms with Gasteiger partial charge >= 0.3 is 0 Å². The maximum atomic E-state index is 12.1. The van der Waals surface area contributed by atoms with Gasteiger partial charge in [-0.25, -0.2) is 0 Å². The lowest BCUT2D eigenvalue weighted by molar-refractivity contribution is -0.134. The molecule has 4 rings (SSSR count). The number of hydrogen-bond donors (Lipinski definition) is 3. The van der Waals surface area contributed by atoms with Gasteiger partial charge in [0.25, 0.3) is 0 Å². The third-order valence-corrected chi connectivity index (χ3v) is 7.87. The van der Waals surface area contributed by atoms with Crippen molar-refractivity contribution in [2.45, 2.75) is 44.7 Å². The topological polar surface area (TPSA) is 114 Å². The van der Waals surface area contributed by atoms with Gasteiger partial charge in [-0.1, -0.05) is 33.6 Å². The number of imide groups is 1. The molecule has 0 aliphatic carbocycles. The van der Waals surface area contributed by atoms with Crippen molar-refractivity contribution >= 4 is 50.9 Å². The molecular weight excluding hydrogens is 548 g/mol. The number of ether oxygens (including phenoxy) is 1. The van der Waals surface area contributed by atoms with Crippen molar-refractivity contribution in [3.05, 3.63) is 57.0 Å². The second-order valence-electron chi connectivity index (χ2n) is 9.20. The average Bonchev–Trinajstić information content (AvgIpc) is 2.84. The Balaban J connectivity index is 1.28. The fourth-order valence-corrected chi connectivity index (χ4v) is 5.48. The standard InChI is InChI=1S/C26H30BrClN4O4/c27-20-2-1-3-23(19(20)15-30-22-6-7-24(33)31-26(22)35)32-11-8-16(9-12-32)10-13-36-17-4-5-18(25(29)34)21(28)14-17/h1-5,14,16,22,30H,6-13,15H2,(H2,29,34)(H,31,33,35). The largest absolute Gasteiger partial charge is 0.494 e. The molecule has 1 atom stereocenters. The Morgan fingerprint density at radius 3 is 2.67 bits per heavy atom. The van der Waals surface area contributed by atoms with Crippen LogP contribution in [0.1, 0.15) is 48.0 Å². The molecule has 2 fully saturated rings. The number of amides is 3. The highest BCUT2D eigenvalue weighted by Gasteiger charge is 2.27. The maximum absolute atomic E-state index is 12.1. The third kappa shape index (κ3) is 6.57. The monoisotopic (exact) mass is 576 g/mol. The first-order chi connectivity index (χ1) is 17.3. The van der Waals surface area contributed by atoms with Crippen LogP contribution in [0.5, 0.6) is 5.75 Å². The Morgan fingerprint density at radius 2 is 1.97 bits per heavy atom. The van der Waals surface area contributed by atoms with Crippen LogP contribution in [0.4, 0.5) is 5.69 Å². The third-order valence-electron chi connectivity index (χ3n) is 6.81. The molecule has 0 aromatic heterocycles. The molecule has 0 bridgehead atoms. The van der Waals surface area contributed by atoms with Crippen molar-refractivity contribution in [3.63, 3.8) is 0 Å². The molecule has 0 spiro atoms. The number of nitrogens with two attached hydrogens (primary N) is 1. The molecule has 3 amide bonds. The van der Waals surface area contributed by atoms with Crippen LogP contribution in [0.25, 0.3) is 0 Å². The Morgan fingerprint density at radius 1 is 1.19 bits per heavy atom. The summed E-state index contributed by atoms with van der Waals surface area (Å²) in [6.07, 6.45) is 3.91. The first-order valence-electron chi connectivity index (χ1n) is 12.1. The Bertz CT molecular complexity index is 1140. The molecule has 10 heteroatoms. The molecule has 0 radical (unpaired) electrons.